The smallest absolute Gasteiger partial charge is 0.252 e. The molecule has 18 aromatic rings. The molecule has 0 saturated carbocycles. The molecule has 544 valence electrons. The van der Waals surface area contributed by atoms with Gasteiger partial charge in [-0.1, -0.05) is 323 Å². The predicted molar refractivity (Wildman–Crippen MR) is 483 cm³/mol. The van der Waals surface area contributed by atoms with Gasteiger partial charge in [0.15, 0.2) is 0 Å². The van der Waals surface area contributed by atoms with Crippen LogP contribution in [-0.2, 0) is 21.7 Å². The van der Waals surface area contributed by atoms with Gasteiger partial charge in [0, 0.05) is 77.9 Å². The first-order chi connectivity index (χ1) is 60.5. The van der Waals surface area contributed by atoms with Crippen LogP contribution >= 0.6 is 0 Å². The van der Waals surface area contributed by atoms with Gasteiger partial charge >= 0.3 is 0 Å². The van der Waals surface area contributed by atoms with Crippen LogP contribution in [0.25, 0.3) is 122 Å². The second kappa shape index (κ2) is 24.9. The van der Waals surface area contributed by atoms with Gasteiger partial charge < -0.3 is 18.9 Å². The molecule has 4 aliphatic rings. The maximum atomic E-state index is 10.4. The maximum Gasteiger partial charge on any atom is 0.252 e. The van der Waals surface area contributed by atoms with Crippen LogP contribution in [0.2, 0.25) is 0 Å². The van der Waals surface area contributed by atoms with Crippen molar-refractivity contribution in [1.82, 2.24) is 9.13 Å². The summed E-state index contributed by atoms with van der Waals surface area (Å²) in [5.74, 6) is 0. The molecule has 0 atom stereocenters. The molecule has 22 rings (SSSR count). The molecule has 2 aliphatic heterocycles. The highest BCUT2D eigenvalue weighted by Crippen LogP contribution is 2.64. The summed E-state index contributed by atoms with van der Waals surface area (Å²) in [6.45, 7) is 19.6. The van der Waals surface area contributed by atoms with Crippen LogP contribution < -0.4 is 26.2 Å². The lowest BCUT2D eigenvalue weighted by molar-refractivity contribution is 0.590. The molecule has 0 bridgehead atoms. The van der Waals surface area contributed by atoms with Gasteiger partial charge in [0.1, 0.15) is 0 Å². The van der Waals surface area contributed by atoms with Crippen molar-refractivity contribution in [2.45, 2.75) is 84.0 Å². The fraction of sp³-hybridized carbons (Fsp3) is 0.119. The molecule has 114 heavy (non-hydrogen) atoms. The third kappa shape index (κ3) is 9.91. The summed E-state index contributed by atoms with van der Waals surface area (Å²) in [5.41, 5.74) is 27.0. The zero-order valence-corrected chi connectivity index (χ0v) is 64.9. The van der Waals surface area contributed by atoms with Gasteiger partial charge in [0.25, 0.3) is 6.71 Å². The first-order valence-electron chi connectivity index (χ1n) is 45.5. The van der Waals surface area contributed by atoms with E-state index >= 15 is 0 Å². The Kier molecular flexibility index (Phi) is 12.2. The molecule has 0 saturated heterocycles. The second-order valence-corrected chi connectivity index (χ2v) is 34.2. The first-order valence-corrected chi connectivity index (χ1v) is 39.5. The molecule has 0 amide bonds. The maximum absolute atomic E-state index is 10.4. The minimum Gasteiger partial charge on any atom is -0.310 e. The van der Waals surface area contributed by atoms with Crippen molar-refractivity contribution >= 4 is 101 Å². The van der Waals surface area contributed by atoms with E-state index in [1.54, 1.807) is 4.57 Å². The molecule has 2 aromatic heterocycles. The second-order valence-electron chi connectivity index (χ2n) is 34.2. The van der Waals surface area contributed by atoms with Crippen LogP contribution in [0, 0.1) is 0 Å². The highest BCUT2D eigenvalue weighted by atomic mass is 15.2. The molecular formula is C109H85BN4. The van der Waals surface area contributed by atoms with Gasteiger partial charge in [-0.25, -0.2) is 0 Å². The highest BCUT2D eigenvalue weighted by Gasteiger charge is 2.53. The highest BCUT2D eigenvalue weighted by molar-refractivity contribution is 7.00. The predicted octanol–water partition coefficient (Wildman–Crippen LogP) is 26.9. The van der Waals surface area contributed by atoms with E-state index < -0.39 is 65.9 Å². The lowest BCUT2D eigenvalue weighted by atomic mass is 9.33. The van der Waals surface area contributed by atoms with Crippen molar-refractivity contribution in [1.29, 1.82) is 0 Å². The van der Waals surface area contributed by atoms with Gasteiger partial charge in [-0.15, -0.1) is 0 Å². The fourth-order valence-electron chi connectivity index (χ4n) is 19.4. The standard InChI is InChI=1S/C109H85BN4/c1-106(2,3)72-58-83(68-34-14-10-15-35-68)104(84(59-72)69-36-16-11-17-37-69)113-99-64-75(111-95-51-31-25-45-80(95)81-46-26-32-52-96(81)111)54-56-93(99)110-94-57-55-76(112-97-53-33-27-47-82(97)88-66-87-79-44-24-30-50-91(79)109(92(87)67-98(88)112)89-48-28-22-42-77(89)78-43-23-29-49-90(78)109)65-100(94)114(102-63-74(108(7,8)9)62-101(113)103(102)110)105-85(70-38-18-12-19-39-70)60-73(107(4,5)6)61-86(105)71-40-20-13-21-41-71/h10-67H,1-9H3/i25D,26D,27D,31D,32D,33D,45D,46D,47D,51D,52D,53D. The van der Waals surface area contributed by atoms with Crippen LogP contribution in [0.5, 0.6) is 0 Å². The Morgan fingerprint density at radius 1 is 0.272 bits per heavy atom. The van der Waals surface area contributed by atoms with Crippen molar-refractivity contribution in [3.8, 4) is 78.1 Å². The van der Waals surface area contributed by atoms with Crippen LogP contribution in [-0.4, -0.2) is 15.8 Å². The summed E-state index contributed by atoms with van der Waals surface area (Å²) in [4.78, 5) is 4.93. The Labute approximate surface area is 685 Å². The summed E-state index contributed by atoms with van der Waals surface area (Å²) < 4.78 is 120. The average molecular weight is 1470 g/mol. The van der Waals surface area contributed by atoms with Crippen molar-refractivity contribution in [3.63, 3.8) is 0 Å². The van der Waals surface area contributed by atoms with E-state index in [4.69, 9.17) is 0 Å². The number of rotatable bonds is 8. The quantitative estimate of drug-likeness (QED) is 0.141. The molecule has 0 fully saturated rings. The monoisotopic (exact) mass is 1470 g/mol. The summed E-state index contributed by atoms with van der Waals surface area (Å²) >= 11 is 0. The molecule has 2 aliphatic carbocycles. The minimum absolute atomic E-state index is 0.00273. The van der Waals surface area contributed by atoms with E-state index in [9.17, 15) is 16.4 Å². The topological polar surface area (TPSA) is 16.3 Å². The molecule has 4 nitrogen and oxygen atoms in total. The number of anilines is 6. The normalized spacial score (nSPS) is 15.1. The SMILES string of the molecule is [2H]c1c([2H])c([2H])c2c(c1[2H])c1cc3c(cc1n2-c1ccc2c(c1)N(c1c(-c4ccccc4)cc(C(C)(C)C)cc1-c1ccccc1)c1cc(C(C)(C)C)cc4c1B2c1ccc(-n2c5c([2H])c([2H])c([2H])c([2H])c5c5c([2H])c([2H])c([2H])c([2H])c52)cc1N4c1c(-c2ccccc2)cc(C(C)(C)C)cc1-c1ccccc1)C1(c2ccccc2-c2ccccc21)c1ccccc1-3. The van der Waals surface area contributed by atoms with E-state index in [2.05, 4.69) is 338 Å². The van der Waals surface area contributed by atoms with Gasteiger partial charge in [-0.3, -0.25) is 0 Å². The van der Waals surface area contributed by atoms with Crippen molar-refractivity contribution in [3.05, 3.63) is 391 Å². The number of aromatic nitrogens is 2. The Hall–Kier alpha value is -13.2. The lowest BCUT2D eigenvalue weighted by Crippen LogP contribution is -2.61. The first kappa shape index (κ1) is 56.1. The van der Waals surface area contributed by atoms with Crippen molar-refractivity contribution in [2.24, 2.45) is 0 Å². The Bertz CT molecular complexity index is 7570. The van der Waals surface area contributed by atoms with E-state index in [1.165, 1.54) is 0 Å². The van der Waals surface area contributed by atoms with Crippen LogP contribution in [0.3, 0.4) is 0 Å². The van der Waals surface area contributed by atoms with Crippen LogP contribution in [0.4, 0.5) is 34.1 Å². The summed E-state index contributed by atoms with van der Waals surface area (Å²) in [6, 6.07) is 95.0. The fourth-order valence-corrected chi connectivity index (χ4v) is 19.4. The average Bonchev–Trinajstić information content (AvgIpc) is 1.50. The molecular weight excluding hydrogens is 1380 g/mol. The number of hydrogen-bond donors (Lipinski definition) is 0. The van der Waals surface area contributed by atoms with Gasteiger partial charge in [-0.05, 0) is 207 Å². The van der Waals surface area contributed by atoms with Crippen molar-refractivity contribution in [2.75, 3.05) is 9.80 Å². The van der Waals surface area contributed by atoms with E-state index in [1.807, 2.05) is 18.2 Å². The number of fused-ring (bicyclic) bond motifs is 20. The number of hydrogen-bond acceptors (Lipinski definition) is 2. The Morgan fingerprint density at radius 2 is 0.596 bits per heavy atom. The summed E-state index contributed by atoms with van der Waals surface area (Å²) in [5, 5.41) is 1.00. The van der Waals surface area contributed by atoms with Gasteiger partial charge in [0.05, 0.1) is 55.3 Å². The molecule has 1 spiro atoms. The molecule has 0 unspecified atom stereocenters. The van der Waals surface area contributed by atoms with Crippen LogP contribution in [0.15, 0.2) is 352 Å². The lowest BCUT2D eigenvalue weighted by Gasteiger charge is -2.47. The van der Waals surface area contributed by atoms with Crippen LogP contribution in [0.1, 0.15) is 118 Å². The minimum atomic E-state index is -0.806. The third-order valence-electron chi connectivity index (χ3n) is 24.7. The molecule has 16 aromatic carbocycles. The van der Waals surface area contributed by atoms with E-state index in [-0.39, 0.29) is 56.8 Å². The number of nitrogens with zero attached hydrogens (tertiary/aromatic N) is 4. The third-order valence-corrected chi connectivity index (χ3v) is 24.7. The van der Waals surface area contributed by atoms with Crippen molar-refractivity contribution < 1.29 is 16.4 Å². The molecule has 0 N–H and O–H groups in total. The molecule has 5 heteroatoms. The van der Waals surface area contributed by atoms with E-state index in [0.717, 1.165) is 151 Å². The summed E-state index contributed by atoms with van der Waals surface area (Å²) in [7, 11) is 0. The number of benzene rings is 16. The number of para-hydroxylation sites is 3. The van der Waals surface area contributed by atoms with Gasteiger partial charge in [-0.2, -0.15) is 0 Å². The Balaban J connectivity index is 0.933. The van der Waals surface area contributed by atoms with E-state index in [0.29, 0.717) is 38.9 Å². The molecule has 4 heterocycles. The van der Waals surface area contributed by atoms with Gasteiger partial charge in [0.2, 0.25) is 0 Å². The Morgan fingerprint density at radius 3 is 0.974 bits per heavy atom. The zero-order valence-electron chi connectivity index (χ0n) is 76.9. The zero-order chi connectivity index (χ0) is 87.3. The molecule has 0 radical (unpaired) electrons. The summed E-state index contributed by atoms with van der Waals surface area (Å²) in [6.07, 6.45) is 0. The largest absolute Gasteiger partial charge is 0.310 e.